The van der Waals surface area contributed by atoms with Crippen LogP contribution in [0.3, 0.4) is 0 Å². The van der Waals surface area contributed by atoms with Gasteiger partial charge in [0.25, 0.3) is 0 Å². The van der Waals surface area contributed by atoms with Crippen LogP contribution in [0.15, 0.2) is 54.6 Å². The van der Waals surface area contributed by atoms with Crippen LogP contribution in [0.1, 0.15) is 48.4 Å². The average Bonchev–Trinajstić information content (AvgIpc) is 2.44. The molecule has 1 N–H and O–H groups in total. The predicted octanol–water partition coefficient (Wildman–Crippen LogP) is 4.59. The van der Waals surface area contributed by atoms with Gasteiger partial charge in [-0.15, -0.1) is 0 Å². The average molecular weight is 265 g/mol. The summed E-state index contributed by atoms with van der Waals surface area (Å²) < 4.78 is 0. The number of benzene rings is 2. The van der Waals surface area contributed by atoms with Crippen LogP contribution in [0.4, 0.5) is 0 Å². The highest BCUT2D eigenvalue weighted by Gasteiger charge is 2.30. The quantitative estimate of drug-likeness (QED) is 0.852. The molecule has 1 aliphatic rings. The molecule has 0 radical (unpaired) electrons. The van der Waals surface area contributed by atoms with Gasteiger partial charge < -0.3 is 5.32 Å². The van der Waals surface area contributed by atoms with E-state index in [1.165, 1.54) is 29.5 Å². The molecule has 0 amide bonds. The van der Waals surface area contributed by atoms with Gasteiger partial charge in [-0.3, -0.25) is 0 Å². The molecule has 104 valence electrons. The largest absolute Gasteiger partial charge is 0.307 e. The molecule has 1 fully saturated rings. The third-order valence-corrected chi connectivity index (χ3v) is 4.47. The van der Waals surface area contributed by atoms with E-state index in [0.717, 1.165) is 5.92 Å². The first kappa shape index (κ1) is 13.4. The van der Waals surface area contributed by atoms with Crippen molar-refractivity contribution in [3.8, 4) is 0 Å². The molecule has 2 aromatic rings. The minimum atomic E-state index is 0.442. The Balaban J connectivity index is 1.52. The molecule has 0 saturated heterocycles. The molecule has 3 rings (SSSR count). The SMILES string of the molecule is Cc1ccc(C(C)NC2CC(c3ccccc3)C2)cc1. The van der Waals surface area contributed by atoms with Crippen molar-refractivity contribution < 1.29 is 0 Å². The topological polar surface area (TPSA) is 12.0 Å². The summed E-state index contributed by atoms with van der Waals surface area (Å²) in [6.07, 6.45) is 2.53. The minimum Gasteiger partial charge on any atom is -0.307 e. The van der Waals surface area contributed by atoms with Crippen LogP contribution in [0.2, 0.25) is 0 Å². The van der Waals surface area contributed by atoms with Gasteiger partial charge in [0.05, 0.1) is 0 Å². The monoisotopic (exact) mass is 265 g/mol. The first-order valence-corrected chi connectivity index (χ1v) is 7.60. The van der Waals surface area contributed by atoms with Crippen molar-refractivity contribution in [2.75, 3.05) is 0 Å². The van der Waals surface area contributed by atoms with Gasteiger partial charge in [0.1, 0.15) is 0 Å². The predicted molar refractivity (Wildman–Crippen MR) is 84.9 cm³/mol. The zero-order valence-electron chi connectivity index (χ0n) is 12.3. The van der Waals surface area contributed by atoms with Gasteiger partial charge >= 0.3 is 0 Å². The van der Waals surface area contributed by atoms with E-state index < -0.39 is 0 Å². The molecule has 1 heteroatoms. The van der Waals surface area contributed by atoms with Crippen LogP contribution in [0.25, 0.3) is 0 Å². The van der Waals surface area contributed by atoms with Gasteiger partial charge in [-0.05, 0) is 43.7 Å². The van der Waals surface area contributed by atoms with Crippen molar-refractivity contribution in [2.45, 2.75) is 44.7 Å². The molecule has 0 spiro atoms. The van der Waals surface area contributed by atoms with E-state index in [1.54, 1.807) is 0 Å². The lowest BCUT2D eigenvalue weighted by Gasteiger charge is -2.38. The molecule has 2 aromatic carbocycles. The van der Waals surface area contributed by atoms with E-state index >= 15 is 0 Å². The maximum Gasteiger partial charge on any atom is 0.0294 e. The second-order valence-corrected chi connectivity index (χ2v) is 6.07. The van der Waals surface area contributed by atoms with E-state index in [4.69, 9.17) is 0 Å². The van der Waals surface area contributed by atoms with Crippen molar-refractivity contribution in [3.05, 3.63) is 71.3 Å². The molecule has 0 aromatic heterocycles. The Hall–Kier alpha value is -1.60. The van der Waals surface area contributed by atoms with E-state index in [-0.39, 0.29) is 0 Å². The van der Waals surface area contributed by atoms with E-state index in [2.05, 4.69) is 73.8 Å². The van der Waals surface area contributed by atoms with E-state index in [9.17, 15) is 0 Å². The molecule has 1 saturated carbocycles. The number of aryl methyl sites for hydroxylation is 1. The Morgan fingerprint density at radius 3 is 2.25 bits per heavy atom. The fourth-order valence-corrected chi connectivity index (χ4v) is 3.06. The Bertz CT molecular complexity index is 538. The van der Waals surface area contributed by atoms with Gasteiger partial charge in [-0.1, -0.05) is 60.2 Å². The molecule has 1 aliphatic carbocycles. The molecule has 0 bridgehead atoms. The smallest absolute Gasteiger partial charge is 0.0294 e. The van der Waals surface area contributed by atoms with Crippen LogP contribution in [-0.2, 0) is 0 Å². The van der Waals surface area contributed by atoms with Gasteiger partial charge in [-0.2, -0.15) is 0 Å². The number of hydrogen-bond donors (Lipinski definition) is 1. The van der Waals surface area contributed by atoms with Crippen molar-refractivity contribution in [3.63, 3.8) is 0 Å². The molecule has 0 aliphatic heterocycles. The molecule has 1 nitrogen and oxygen atoms in total. The van der Waals surface area contributed by atoms with Crippen LogP contribution < -0.4 is 5.32 Å². The van der Waals surface area contributed by atoms with Crippen molar-refractivity contribution in [1.82, 2.24) is 5.32 Å². The maximum absolute atomic E-state index is 3.75. The molecule has 20 heavy (non-hydrogen) atoms. The Labute approximate surface area is 122 Å². The van der Waals surface area contributed by atoms with Gasteiger partial charge in [0.2, 0.25) is 0 Å². The summed E-state index contributed by atoms with van der Waals surface area (Å²) in [4.78, 5) is 0. The van der Waals surface area contributed by atoms with Crippen molar-refractivity contribution in [1.29, 1.82) is 0 Å². The highest BCUT2D eigenvalue weighted by atomic mass is 15.0. The van der Waals surface area contributed by atoms with Crippen LogP contribution >= 0.6 is 0 Å². The third kappa shape index (κ3) is 2.94. The maximum atomic E-state index is 3.75. The van der Waals surface area contributed by atoms with Gasteiger partial charge in [0.15, 0.2) is 0 Å². The standard InChI is InChI=1S/C19H23N/c1-14-8-10-16(11-9-14)15(2)20-19-12-18(13-19)17-6-4-3-5-7-17/h3-11,15,18-20H,12-13H2,1-2H3. The lowest BCUT2D eigenvalue weighted by molar-refractivity contribution is 0.271. The molecule has 0 heterocycles. The lowest BCUT2D eigenvalue weighted by atomic mass is 9.75. The lowest BCUT2D eigenvalue weighted by Crippen LogP contribution is -2.41. The summed E-state index contributed by atoms with van der Waals surface area (Å²) in [6, 6.07) is 20.9. The van der Waals surface area contributed by atoms with Crippen LogP contribution in [0.5, 0.6) is 0 Å². The highest BCUT2D eigenvalue weighted by molar-refractivity contribution is 5.25. The van der Waals surface area contributed by atoms with Crippen LogP contribution in [-0.4, -0.2) is 6.04 Å². The second kappa shape index (κ2) is 5.80. The van der Waals surface area contributed by atoms with Gasteiger partial charge in [-0.25, -0.2) is 0 Å². The Morgan fingerprint density at radius 2 is 1.60 bits per heavy atom. The molecule has 1 unspecified atom stereocenters. The molecular formula is C19H23N. The number of nitrogens with one attached hydrogen (secondary N) is 1. The van der Waals surface area contributed by atoms with Crippen LogP contribution in [0, 0.1) is 6.92 Å². The third-order valence-electron chi connectivity index (χ3n) is 4.47. The first-order chi connectivity index (χ1) is 9.72. The summed E-state index contributed by atoms with van der Waals surface area (Å²) in [5, 5.41) is 3.75. The zero-order chi connectivity index (χ0) is 13.9. The second-order valence-electron chi connectivity index (χ2n) is 6.07. The van der Waals surface area contributed by atoms with Crippen molar-refractivity contribution in [2.24, 2.45) is 0 Å². The Morgan fingerprint density at radius 1 is 0.950 bits per heavy atom. The molecule has 1 atom stereocenters. The highest BCUT2D eigenvalue weighted by Crippen LogP contribution is 2.37. The fourth-order valence-electron chi connectivity index (χ4n) is 3.06. The van der Waals surface area contributed by atoms with E-state index in [0.29, 0.717) is 12.1 Å². The van der Waals surface area contributed by atoms with Gasteiger partial charge in [0, 0.05) is 12.1 Å². The first-order valence-electron chi connectivity index (χ1n) is 7.60. The number of rotatable bonds is 4. The minimum absolute atomic E-state index is 0.442. The molecular weight excluding hydrogens is 242 g/mol. The summed E-state index contributed by atoms with van der Waals surface area (Å²) in [6.45, 7) is 4.40. The zero-order valence-corrected chi connectivity index (χ0v) is 12.3. The Kier molecular flexibility index (Phi) is 3.88. The summed E-state index contributed by atoms with van der Waals surface area (Å²) in [5.74, 6) is 0.749. The van der Waals surface area contributed by atoms with Crippen molar-refractivity contribution >= 4 is 0 Å². The normalized spacial score (nSPS) is 23.1. The fraction of sp³-hybridized carbons (Fsp3) is 0.368. The van der Waals surface area contributed by atoms with E-state index in [1.807, 2.05) is 0 Å². The number of hydrogen-bond acceptors (Lipinski definition) is 1. The summed E-state index contributed by atoms with van der Waals surface area (Å²) in [7, 11) is 0. The summed E-state index contributed by atoms with van der Waals surface area (Å²) in [5.41, 5.74) is 4.21. The summed E-state index contributed by atoms with van der Waals surface area (Å²) >= 11 is 0.